The SMILES string of the molecule is Cc1ccc(NC(=O)NCC2CCCN(C(=O)CCC(=O)c3ccc(Br)cc3)C2)cc1. The predicted molar refractivity (Wildman–Crippen MR) is 125 cm³/mol. The first kappa shape index (κ1) is 23.0. The van der Waals surface area contributed by atoms with Gasteiger partial charge in [-0.2, -0.15) is 0 Å². The molecular formula is C24H28BrN3O3. The molecule has 1 unspecified atom stereocenters. The molecule has 1 saturated heterocycles. The lowest BCUT2D eigenvalue weighted by Crippen LogP contribution is -2.44. The van der Waals surface area contributed by atoms with Crippen molar-refractivity contribution in [1.82, 2.24) is 10.2 Å². The highest BCUT2D eigenvalue weighted by Crippen LogP contribution is 2.18. The zero-order chi connectivity index (χ0) is 22.2. The van der Waals surface area contributed by atoms with Crippen LogP contribution < -0.4 is 10.6 Å². The molecular weight excluding hydrogens is 458 g/mol. The Balaban J connectivity index is 1.41. The molecule has 3 rings (SSSR count). The van der Waals surface area contributed by atoms with Gasteiger partial charge in [-0.25, -0.2) is 4.79 Å². The van der Waals surface area contributed by atoms with Crippen molar-refractivity contribution in [2.75, 3.05) is 25.0 Å². The molecule has 0 aliphatic carbocycles. The Morgan fingerprint density at radius 1 is 1.03 bits per heavy atom. The molecule has 1 atom stereocenters. The van der Waals surface area contributed by atoms with Crippen molar-refractivity contribution in [3.63, 3.8) is 0 Å². The van der Waals surface area contributed by atoms with E-state index in [0.717, 1.165) is 28.6 Å². The van der Waals surface area contributed by atoms with Gasteiger partial charge in [-0.1, -0.05) is 45.8 Å². The summed E-state index contributed by atoms with van der Waals surface area (Å²) in [6, 6.07) is 14.6. The first-order valence-corrected chi connectivity index (χ1v) is 11.4. The second-order valence-corrected chi connectivity index (χ2v) is 8.89. The minimum atomic E-state index is -0.243. The van der Waals surface area contributed by atoms with E-state index in [4.69, 9.17) is 0 Å². The summed E-state index contributed by atoms with van der Waals surface area (Å²) in [6.45, 7) is 3.82. The van der Waals surface area contributed by atoms with Crippen LogP contribution in [0.5, 0.6) is 0 Å². The number of hydrogen-bond donors (Lipinski definition) is 2. The van der Waals surface area contributed by atoms with E-state index >= 15 is 0 Å². The van der Waals surface area contributed by atoms with Crippen LogP contribution in [0, 0.1) is 12.8 Å². The lowest BCUT2D eigenvalue weighted by Gasteiger charge is -2.33. The number of likely N-dealkylation sites (tertiary alicyclic amines) is 1. The number of anilines is 1. The number of carbonyl (C=O) groups excluding carboxylic acids is 3. The molecule has 6 nitrogen and oxygen atoms in total. The molecule has 1 fully saturated rings. The minimum absolute atomic E-state index is 0.000677. The van der Waals surface area contributed by atoms with Gasteiger partial charge in [0.2, 0.25) is 5.91 Å². The average molecular weight is 486 g/mol. The van der Waals surface area contributed by atoms with Gasteiger partial charge in [0.1, 0.15) is 0 Å². The molecule has 2 aromatic carbocycles. The molecule has 0 saturated carbocycles. The summed E-state index contributed by atoms with van der Waals surface area (Å²) in [5.74, 6) is 0.187. The number of aryl methyl sites for hydroxylation is 1. The molecule has 0 aromatic heterocycles. The van der Waals surface area contributed by atoms with Crippen molar-refractivity contribution in [1.29, 1.82) is 0 Å². The summed E-state index contributed by atoms with van der Waals surface area (Å²) in [4.78, 5) is 38.9. The summed E-state index contributed by atoms with van der Waals surface area (Å²) in [5, 5.41) is 5.73. The number of urea groups is 1. The van der Waals surface area contributed by atoms with Crippen LogP contribution in [0.4, 0.5) is 10.5 Å². The summed E-state index contributed by atoms with van der Waals surface area (Å²) >= 11 is 3.35. The van der Waals surface area contributed by atoms with Crippen LogP contribution in [0.2, 0.25) is 0 Å². The van der Waals surface area contributed by atoms with Crippen molar-refractivity contribution >= 4 is 39.3 Å². The van der Waals surface area contributed by atoms with E-state index in [0.29, 0.717) is 25.2 Å². The number of nitrogens with zero attached hydrogens (tertiary/aromatic N) is 1. The fourth-order valence-electron chi connectivity index (χ4n) is 3.67. The fourth-order valence-corrected chi connectivity index (χ4v) is 3.93. The first-order valence-electron chi connectivity index (χ1n) is 10.6. The third-order valence-electron chi connectivity index (χ3n) is 5.46. The second-order valence-electron chi connectivity index (χ2n) is 7.98. The third kappa shape index (κ3) is 7.21. The standard InChI is InChI=1S/C24H28BrN3O3/c1-17-4-10-21(11-5-17)27-24(31)26-15-18-3-2-14-28(16-18)23(30)13-12-22(29)19-6-8-20(25)9-7-19/h4-11,18H,2-3,12-16H2,1H3,(H2,26,27,31). The predicted octanol–water partition coefficient (Wildman–Crippen LogP) is 4.78. The minimum Gasteiger partial charge on any atom is -0.342 e. The number of benzene rings is 2. The molecule has 1 heterocycles. The van der Waals surface area contributed by atoms with E-state index in [2.05, 4.69) is 26.6 Å². The summed E-state index contributed by atoms with van der Waals surface area (Å²) in [5.41, 5.74) is 2.51. The topological polar surface area (TPSA) is 78.5 Å². The Morgan fingerprint density at radius 2 is 1.74 bits per heavy atom. The Kier molecular flexibility index (Phi) is 8.23. The molecule has 7 heteroatoms. The van der Waals surface area contributed by atoms with Gasteiger partial charge in [0.15, 0.2) is 5.78 Å². The number of nitrogens with one attached hydrogen (secondary N) is 2. The van der Waals surface area contributed by atoms with Crippen LogP contribution >= 0.6 is 15.9 Å². The van der Waals surface area contributed by atoms with Gasteiger partial charge in [-0.3, -0.25) is 9.59 Å². The van der Waals surface area contributed by atoms with Gasteiger partial charge < -0.3 is 15.5 Å². The van der Waals surface area contributed by atoms with E-state index in [9.17, 15) is 14.4 Å². The molecule has 0 radical (unpaired) electrons. The van der Waals surface area contributed by atoms with Crippen molar-refractivity contribution in [2.45, 2.75) is 32.6 Å². The molecule has 31 heavy (non-hydrogen) atoms. The largest absolute Gasteiger partial charge is 0.342 e. The number of carbonyl (C=O) groups is 3. The van der Waals surface area contributed by atoms with Crippen molar-refractivity contribution in [3.05, 3.63) is 64.1 Å². The molecule has 1 aliphatic heterocycles. The second kappa shape index (κ2) is 11.1. The van der Waals surface area contributed by atoms with Gasteiger partial charge in [0, 0.05) is 48.2 Å². The van der Waals surface area contributed by atoms with Gasteiger partial charge in [0.25, 0.3) is 0 Å². The Hall–Kier alpha value is -2.67. The molecule has 2 N–H and O–H groups in total. The molecule has 3 amide bonds. The normalized spacial score (nSPS) is 15.9. The van der Waals surface area contributed by atoms with Crippen LogP contribution in [0.15, 0.2) is 53.0 Å². The third-order valence-corrected chi connectivity index (χ3v) is 5.99. The molecule has 2 aromatic rings. The number of rotatable bonds is 7. The van der Waals surface area contributed by atoms with Crippen LogP contribution in [0.3, 0.4) is 0 Å². The maximum Gasteiger partial charge on any atom is 0.319 e. The maximum absolute atomic E-state index is 12.6. The van der Waals surface area contributed by atoms with Gasteiger partial charge in [-0.05, 0) is 49.9 Å². The number of piperidine rings is 1. The van der Waals surface area contributed by atoms with E-state index in [-0.39, 0.29) is 36.5 Å². The lowest BCUT2D eigenvalue weighted by molar-refractivity contribution is -0.132. The summed E-state index contributed by atoms with van der Waals surface area (Å²) in [6.07, 6.45) is 2.28. The zero-order valence-electron chi connectivity index (χ0n) is 17.7. The molecule has 0 spiro atoms. The lowest BCUT2D eigenvalue weighted by atomic mass is 9.97. The van der Waals surface area contributed by atoms with Crippen molar-refractivity contribution in [2.24, 2.45) is 5.92 Å². The first-order chi connectivity index (χ1) is 14.9. The van der Waals surface area contributed by atoms with E-state index in [1.807, 2.05) is 48.2 Å². The molecule has 1 aliphatic rings. The van der Waals surface area contributed by atoms with Crippen LogP contribution in [-0.2, 0) is 4.79 Å². The smallest absolute Gasteiger partial charge is 0.319 e. The van der Waals surface area contributed by atoms with Crippen molar-refractivity contribution < 1.29 is 14.4 Å². The fraction of sp³-hybridized carbons (Fsp3) is 0.375. The van der Waals surface area contributed by atoms with Gasteiger partial charge in [-0.15, -0.1) is 0 Å². The number of halogens is 1. The Labute approximate surface area is 191 Å². The average Bonchev–Trinajstić information content (AvgIpc) is 2.78. The monoisotopic (exact) mass is 485 g/mol. The number of Topliss-reactive ketones (excluding diaryl/α,β-unsaturated/α-hetero) is 1. The zero-order valence-corrected chi connectivity index (χ0v) is 19.3. The maximum atomic E-state index is 12.6. The van der Waals surface area contributed by atoms with E-state index in [1.54, 1.807) is 12.1 Å². The van der Waals surface area contributed by atoms with Gasteiger partial charge in [0.05, 0.1) is 0 Å². The Bertz CT molecular complexity index is 913. The highest BCUT2D eigenvalue weighted by molar-refractivity contribution is 9.10. The summed E-state index contributed by atoms with van der Waals surface area (Å²) in [7, 11) is 0. The highest BCUT2D eigenvalue weighted by Gasteiger charge is 2.24. The number of hydrogen-bond acceptors (Lipinski definition) is 3. The van der Waals surface area contributed by atoms with Crippen LogP contribution in [-0.4, -0.2) is 42.3 Å². The van der Waals surface area contributed by atoms with Crippen LogP contribution in [0.25, 0.3) is 0 Å². The van der Waals surface area contributed by atoms with E-state index in [1.165, 1.54) is 0 Å². The molecule has 0 bridgehead atoms. The number of ketones is 1. The quantitative estimate of drug-likeness (QED) is 0.553. The molecule has 164 valence electrons. The number of amides is 3. The Morgan fingerprint density at radius 3 is 2.45 bits per heavy atom. The van der Waals surface area contributed by atoms with Crippen LogP contribution in [0.1, 0.15) is 41.6 Å². The van der Waals surface area contributed by atoms with E-state index < -0.39 is 0 Å². The van der Waals surface area contributed by atoms with Crippen molar-refractivity contribution in [3.8, 4) is 0 Å². The highest BCUT2D eigenvalue weighted by atomic mass is 79.9. The summed E-state index contributed by atoms with van der Waals surface area (Å²) < 4.78 is 0.917. The van der Waals surface area contributed by atoms with Gasteiger partial charge >= 0.3 is 6.03 Å².